The number of nitrogens with one attached hydrogen (secondary N) is 1. The normalized spacial score (nSPS) is 14.4. The van der Waals surface area contributed by atoms with E-state index < -0.39 is 0 Å². The molecule has 0 radical (unpaired) electrons. The van der Waals surface area contributed by atoms with E-state index in [9.17, 15) is 14.4 Å². The van der Waals surface area contributed by atoms with Crippen molar-refractivity contribution in [2.75, 3.05) is 26.0 Å². The van der Waals surface area contributed by atoms with E-state index >= 15 is 0 Å². The van der Waals surface area contributed by atoms with Crippen molar-refractivity contribution >= 4 is 45.2 Å². The van der Waals surface area contributed by atoms with E-state index in [-0.39, 0.29) is 23.4 Å². The van der Waals surface area contributed by atoms with Crippen molar-refractivity contribution in [1.29, 1.82) is 0 Å². The van der Waals surface area contributed by atoms with Crippen molar-refractivity contribution < 1.29 is 14.3 Å². The Kier molecular flexibility index (Phi) is 7.93. The number of methoxy groups -OCH3 is 1. The Morgan fingerprint density at radius 1 is 1.33 bits per heavy atom. The number of ether oxygens (including phenoxy) is 1. The molecule has 0 spiro atoms. The second kappa shape index (κ2) is 10.4. The molecule has 0 fully saturated rings. The van der Waals surface area contributed by atoms with Gasteiger partial charge in [0.15, 0.2) is 0 Å². The molecule has 1 atom stereocenters. The number of rotatable bonds is 9. The average Bonchev–Trinajstić information content (AvgIpc) is 3.12. The molecule has 2 heterocycles. The minimum Gasteiger partial charge on any atom is -0.469 e. The van der Waals surface area contributed by atoms with Crippen LogP contribution in [0.4, 0.5) is 0 Å². The van der Waals surface area contributed by atoms with Crippen molar-refractivity contribution in [2.24, 2.45) is 5.92 Å². The van der Waals surface area contributed by atoms with E-state index in [2.05, 4.69) is 9.97 Å². The molecule has 1 amide bonds. The Balaban J connectivity index is 1.53. The summed E-state index contributed by atoms with van der Waals surface area (Å²) in [7, 11) is 1.36. The van der Waals surface area contributed by atoms with Gasteiger partial charge in [-0.25, -0.2) is 4.98 Å². The maximum absolute atomic E-state index is 12.6. The van der Waals surface area contributed by atoms with Crippen LogP contribution in [0.1, 0.15) is 49.4 Å². The van der Waals surface area contributed by atoms with Crippen LogP contribution in [-0.2, 0) is 32.9 Å². The van der Waals surface area contributed by atoms with Gasteiger partial charge in [-0.2, -0.15) is 11.8 Å². The van der Waals surface area contributed by atoms with Gasteiger partial charge in [-0.05, 0) is 38.2 Å². The van der Waals surface area contributed by atoms with E-state index in [4.69, 9.17) is 4.74 Å². The first-order valence-electron chi connectivity index (χ1n) is 10.4. The molecule has 7 nitrogen and oxygen atoms in total. The third-order valence-corrected chi connectivity index (χ3v) is 7.56. The molecule has 0 saturated heterocycles. The highest BCUT2D eigenvalue weighted by atomic mass is 32.2. The van der Waals surface area contributed by atoms with Crippen LogP contribution in [0.15, 0.2) is 4.79 Å². The van der Waals surface area contributed by atoms with Crippen LogP contribution in [0.25, 0.3) is 10.2 Å². The van der Waals surface area contributed by atoms with E-state index in [0.717, 1.165) is 29.5 Å². The van der Waals surface area contributed by atoms with Crippen LogP contribution in [-0.4, -0.2) is 52.7 Å². The van der Waals surface area contributed by atoms with Crippen LogP contribution in [0.3, 0.4) is 0 Å². The monoisotopic (exact) mass is 451 g/mol. The van der Waals surface area contributed by atoms with Crippen LogP contribution in [0.2, 0.25) is 0 Å². The Hall–Kier alpha value is -1.87. The summed E-state index contributed by atoms with van der Waals surface area (Å²) in [4.78, 5) is 48.1. The molecular formula is C21H29N3O4S2. The molecule has 1 aliphatic rings. The fourth-order valence-corrected chi connectivity index (χ4v) is 5.85. The number of hydrogen-bond acceptors (Lipinski definition) is 7. The fraction of sp³-hybridized carbons (Fsp3) is 0.619. The molecule has 2 aromatic heterocycles. The van der Waals surface area contributed by atoms with Gasteiger partial charge in [0.05, 0.1) is 24.2 Å². The summed E-state index contributed by atoms with van der Waals surface area (Å²) in [6, 6.07) is 0. The molecule has 164 valence electrons. The van der Waals surface area contributed by atoms with Gasteiger partial charge >= 0.3 is 5.97 Å². The maximum atomic E-state index is 12.6. The number of thioether (sulfide) groups is 1. The number of aromatic amines is 1. The quantitative estimate of drug-likeness (QED) is 0.465. The van der Waals surface area contributed by atoms with Gasteiger partial charge in [-0.1, -0.05) is 6.92 Å². The lowest BCUT2D eigenvalue weighted by Crippen LogP contribution is -2.37. The molecule has 1 unspecified atom stereocenters. The third-order valence-electron chi connectivity index (χ3n) is 5.41. The summed E-state index contributed by atoms with van der Waals surface area (Å²) in [5, 5.41) is 0.775. The zero-order chi connectivity index (χ0) is 21.7. The smallest absolute Gasteiger partial charge is 0.310 e. The molecule has 0 aromatic carbocycles. The van der Waals surface area contributed by atoms with Crippen molar-refractivity contribution in [2.45, 2.75) is 51.7 Å². The Morgan fingerprint density at radius 3 is 2.83 bits per heavy atom. The van der Waals surface area contributed by atoms with Gasteiger partial charge in [0, 0.05) is 30.1 Å². The summed E-state index contributed by atoms with van der Waals surface area (Å²) >= 11 is 3.23. The number of carbonyl (C=O) groups excluding carboxylic acids is 2. The third kappa shape index (κ3) is 5.24. The van der Waals surface area contributed by atoms with Gasteiger partial charge in [0.1, 0.15) is 10.7 Å². The number of aryl methyl sites for hydroxylation is 2. The van der Waals surface area contributed by atoms with Crippen LogP contribution >= 0.6 is 23.1 Å². The zero-order valence-electron chi connectivity index (χ0n) is 17.8. The first-order valence-corrected chi connectivity index (χ1v) is 12.4. The summed E-state index contributed by atoms with van der Waals surface area (Å²) < 4.78 is 4.74. The number of carbonyl (C=O) groups is 2. The molecule has 9 heteroatoms. The van der Waals surface area contributed by atoms with Crippen LogP contribution < -0.4 is 5.56 Å². The highest BCUT2D eigenvalue weighted by molar-refractivity contribution is 7.98. The largest absolute Gasteiger partial charge is 0.469 e. The summed E-state index contributed by atoms with van der Waals surface area (Å²) in [5.74, 6) is 1.22. The number of hydrogen-bond donors (Lipinski definition) is 1. The van der Waals surface area contributed by atoms with Crippen LogP contribution in [0.5, 0.6) is 0 Å². The number of fused-ring (bicyclic) bond motifs is 3. The predicted octanol–water partition coefficient (Wildman–Crippen LogP) is 3.14. The van der Waals surface area contributed by atoms with E-state index in [1.54, 1.807) is 34.9 Å². The summed E-state index contributed by atoms with van der Waals surface area (Å²) in [5.41, 5.74) is 1.15. The Morgan fingerprint density at radius 2 is 2.10 bits per heavy atom. The lowest BCUT2D eigenvalue weighted by molar-refractivity contribution is -0.146. The lowest BCUT2D eigenvalue weighted by atomic mass is 9.97. The molecule has 0 bridgehead atoms. The minimum atomic E-state index is -0.343. The number of thiophene rings is 1. The molecular weight excluding hydrogens is 422 g/mol. The van der Waals surface area contributed by atoms with Gasteiger partial charge in [-0.15, -0.1) is 11.3 Å². The molecule has 3 rings (SSSR count). The van der Waals surface area contributed by atoms with E-state index in [1.807, 2.05) is 6.92 Å². The molecule has 0 aliphatic heterocycles. The number of esters is 1. The standard InChI is InChI=1S/C21H29N3O4S2/c1-4-24(11-13(2)21(27)28-3)17(25)9-10-29-12-16-22-19(26)18-14-7-5-6-8-15(14)30-20(18)23-16/h13H,4-12H2,1-3H3,(H,22,23,26). The molecule has 0 saturated carbocycles. The SMILES string of the molecule is CCN(CC(C)C(=O)OC)C(=O)CCSCc1nc2sc3c(c2c(=O)[nH]1)CCCC3. The second-order valence-corrected chi connectivity index (χ2v) is 9.75. The van der Waals surface area contributed by atoms with Crippen molar-refractivity contribution in [1.82, 2.24) is 14.9 Å². The zero-order valence-corrected chi connectivity index (χ0v) is 19.4. The molecule has 1 aliphatic carbocycles. The number of H-pyrrole nitrogens is 1. The first-order chi connectivity index (χ1) is 14.4. The topological polar surface area (TPSA) is 92.4 Å². The van der Waals surface area contributed by atoms with Crippen LogP contribution in [0, 0.1) is 5.92 Å². The average molecular weight is 452 g/mol. The first kappa shape index (κ1) is 22.8. The fourth-order valence-electron chi connectivity index (χ4n) is 3.78. The maximum Gasteiger partial charge on any atom is 0.310 e. The van der Waals surface area contributed by atoms with Gasteiger partial charge in [-0.3, -0.25) is 14.4 Å². The molecule has 1 N–H and O–H groups in total. The van der Waals surface area contributed by atoms with Crippen molar-refractivity contribution in [3.8, 4) is 0 Å². The minimum absolute atomic E-state index is 0.0172. The van der Waals surface area contributed by atoms with Crippen molar-refractivity contribution in [3.05, 3.63) is 26.6 Å². The van der Waals surface area contributed by atoms with Gasteiger partial charge < -0.3 is 14.6 Å². The van der Waals surface area contributed by atoms with Gasteiger partial charge in [0.25, 0.3) is 5.56 Å². The van der Waals surface area contributed by atoms with E-state index in [0.29, 0.717) is 36.8 Å². The highest BCUT2D eigenvalue weighted by Gasteiger charge is 2.21. The number of amides is 1. The predicted molar refractivity (Wildman–Crippen MR) is 121 cm³/mol. The Bertz CT molecular complexity index is 969. The number of aromatic nitrogens is 2. The molecule has 30 heavy (non-hydrogen) atoms. The van der Waals surface area contributed by atoms with Gasteiger partial charge in [0.2, 0.25) is 5.91 Å². The highest BCUT2D eigenvalue weighted by Crippen LogP contribution is 2.33. The Labute approximate surface area is 184 Å². The van der Waals surface area contributed by atoms with Crippen molar-refractivity contribution in [3.63, 3.8) is 0 Å². The number of nitrogens with zero attached hydrogens (tertiary/aromatic N) is 2. The van der Waals surface area contributed by atoms with E-state index in [1.165, 1.54) is 24.0 Å². The lowest BCUT2D eigenvalue weighted by Gasteiger charge is -2.23. The summed E-state index contributed by atoms with van der Waals surface area (Å²) in [6.45, 7) is 4.58. The second-order valence-electron chi connectivity index (χ2n) is 7.56. The molecule has 2 aromatic rings. The summed E-state index contributed by atoms with van der Waals surface area (Å²) in [6.07, 6.45) is 4.72.